The Bertz CT molecular complexity index is 435. The summed E-state index contributed by atoms with van der Waals surface area (Å²) in [6.07, 6.45) is 3.25. The standard InChI is InChI=1S/C14H22N2O2S/c1-15-10-8-12-6-3-4-7-13(12)14(17)16-9-5-11-19(2)18/h3-4,6-7,15H,5,8-11H2,1-2H3,(H,16,17). The van der Waals surface area contributed by atoms with Gasteiger partial charge in [0.15, 0.2) is 0 Å². The average molecular weight is 282 g/mol. The first kappa shape index (κ1) is 15.9. The van der Waals surface area contributed by atoms with Crippen molar-refractivity contribution in [3.8, 4) is 0 Å². The summed E-state index contributed by atoms with van der Waals surface area (Å²) in [5, 5.41) is 5.96. The molecule has 1 unspecified atom stereocenters. The van der Waals surface area contributed by atoms with Crippen molar-refractivity contribution in [1.29, 1.82) is 0 Å². The molecule has 1 aromatic carbocycles. The van der Waals surface area contributed by atoms with E-state index in [-0.39, 0.29) is 5.91 Å². The summed E-state index contributed by atoms with van der Waals surface area (Å²) in [7, 11) is 1.10. The number of hydrogen-bond donors (Lipinski definition) is 2. The van der Waals surface area contributed by atoms with Crippen LogP contribution in [0.4, 0.5) is 0 Å². The Morgan fingerprint density at radius 3 is 2.68 bits per heavy atom. The van der Waals surface area contributed by atoms with Gasteiger partial charge in [0.1, 0.15) is 0 Å². The van der Waals surface area contributed by atoms with E-state index in [2.05, 4.69) is 10.6 Å². The summed E-state index contributed by atoms with van der Waals surface area (Å²) >= 11 is 0. The zero-order valence-corrected chi connectivity index (χ0v) is 12.4. The Hall–Kier alpha value is -1.20. The van der Waals surface area contributed by atoms with Crippen LogP contribution in [0.3, 0.4) is 0 Å². The van der Waals surface area contributed by atoms with Gasteiger partial charge in [0, 0.05) is 34.9 Å². The van der Waals surface area contributed by atoms with E-state index in [4.69, 9.17) is 0 Å². The monoisotopic (exact) mass is 282 g/mol. The molecule has 0 heterocycles. The first-order valence-corrected chi connectivity index (χ1v) is 8.18. The fourth-order valence-electron chi connectivity index (χ4n) is 1.79. The molecular formula is C14H22N2O2S. The maximum Gasteiger partial charge on any atom is 0.251 e. The number of carbonyl (C=O) groups excluding carboxylic acids is 1. The molecule has 0 saturated carbocycles. The highest BCUT2D eigenvalue weighted by Crippen LogP contribution is 2.09. The van der Waals surface area contributed by atoms with E-state index >= 15 is 0 Å². The van der Waals surface area contributed by atoms with Gasteiger partial charge in [0.2, 0.25) is 0 Å². The largest absolute Gasteiger partial charge is 0.352 e. The van der Waals surface area contributed by atoms with Crippen LogP contribution < -0.4 is 10.6 Å². The highest BCUT2D eigenvalue weighted by atomic mass is 32.2. The summed E-state index contributed by atoms with van der Waals surface area (Å²) in [6, 6.07) is 7.65. The Morgan fingerprint density at radius 1 is 1.26 bits per heavy atom. The number of amides is 1. The van der Waals surface area contributed by atoms with E-state index in [1.54, 1.807) is 6.26 Å². The second-order valence-corrected chi connectivity index (χ2v) is 5.95. The molecule has 1 rings (SSSR count). The first-order chi connectivity index (χ1) is 9.15. The molecule has 5 heteroatoms. The molecule has 1 amide bonds. The molecule has 0 fully saturated rings. The van der Waals surface area contributed by atoms with Gasteiger partial charge in [-0.2, -0.15) is 0 Å². The van der Waals surface area contributed by atoms with Crippen LogP contribution in [0.2, 0.25) is 0 Å². The second-order valence-electron chi connectivity index (χ2n) is 4.40. The predicted octanol–water partition coefficient (Wildman–Crippen LogP) is 0.947. The Kier molecular flexibility index (Phi) is 7.36. The zero-order valence-electron chi connectivity index (χ0n) is 11.6. The topological polar surface area (TPSA) is 58.2 Å². The minimum Gasteiger partial charge on any atom is -0.352 e. The molecule has 0 radical (unpaired) electrons. The lowest BCUT2D eigenvalue weighted by molar-refractivity contribution is 0.0953. The average Bonchev–Trinajstić information content (AvgIpc) is 2.41. The first-order valence-electron chi connectivity index (χ1n) is 6.46. The molecule has 4 nitrogen and oxygen atoms in total. The van der Waals surface area contributed by atoms with Crippen LogP contribution in [-0.4, -0.2) is 42.3 Å². The highest BCUT2D eigenvalue weighted by Gasteiger charge is 2.09. The lowest BCUT2D eigenvalue weighted by Gasteiger charge is -2.09. The minimum absolute atomic E-state index is 0.0476. The van der Waals surface area contributed by atoms with Gasteiger partial charge in [0.05, 0.1) is 0 Å². The van der Waals surface area contributed by atoms with E-state index in [0.717, 1.165) is 30.5 Å². The summed E-state index contributed by atoms with van der Waals surface area (Å²) in [5.74, 6) is 0.579. The van der Waals surface area contributed by atoms with E-state index in [1.165, 1.54) is 0 Å². The van der Waals surface area contributed by atoms with Crippen molar-refractivity contribution in [2.75, 3.05) is 32.1 Å². The number of carbonyl (C=O) groups is 1. The van der Waals surface area contributed by atoms with Crippen LogP contribution in [0.25, 0.3) is 0 Å². The smallest absolute Gasteiger partial charge is 0.251 e. The van der Waals surface area contributed by atoms with E-state index in [1.807, 2.05) is 31.3 Å². The molecule has 1 atom stereocenters. The SMILES string of the molecule is CNCCc1ccccc1C(=O)NCCCS(C)=O. The molecule has 0 aromatic heterocycles. The number of nitrogens with one attached hydrogen (secondary N) is 2. The molecule has 0 aliphatic carbocycles. The van der Waals surface area contributed by atoms with Crippen LogP contribution in [0, 0.1) is 0 Å². The molecule has 19 heavy (non-hydrogen) atoms. The van der Waals surface area contributed by atoms with E-state index in [9.17, 15) is 9.00 Å². The summed E-state index contributed by atoms with van der Waals surface area (Å²) in [5.41, 5.74) is 1.78. The quantitative estimate of drug-likeness (QED) is 0.698. The van der Waals surface area contributed by atoms with Crippen LogP contribution in [0.1, 0.15) is 22.3 Å². The normalized spacial score (nSPS) is 12.1. The van der Waals surface area contributed by atoms with Crippen molar-refractivity contribution in [3.63, 3.8) is 0 Å². The molecule has 0 aliphatic heterocycles. The molecular weight excluding hydrogens is 260 g/mol. The number of hydrogen-bond acceptors (Lipinski definition) is 3. The highest BCUT2D eigenvalue weighted by molar-refractivity contribution is 7.84. The maximum absolute atomic E-state index is 12.1. The van der Waals surface area contributed by atoms with Crippen LogP contribution in [0.15, 0.2) is 24.3 Å². The third kappa shape index (κ3) is 5.98. The van der Waals surface area contributed by atoms with Crippen LogP contribution in [-0.2, 0) is 17.2 Å². The van der Waals surface area contributed by atoms with Crippen molar-refractivity contribution in [2.45, 2.75) is 12.8 Å². The van der Waals surface area contributed by atoms with Crippen LogP contribution >= 0.6 is 0 Å². The molecule has 0 bridgehead atoms. The summed E-state index contributed by atoms with van der Waals surface area (Å²) in [6.45, 7) is 1.41. The van der Waals surface area contributed by atoms with Crippen molar-refractivity contribution in [1.82, 2.24) is 10.6 Å². The Balaban J connectivity index is 2.53. The number of likely N-dealkylation sites (N-methyl/N-ethyl adjacent to an activating group) is 1. The molecule has 1 aromatic rings. The van der Waals surface area contributed by atoms with Gasteiger partial charge in [-0.05, 0) is 38.1 Å². The lowest BCUT2D eigenvalue weighted by Crippen LogP contribution is -2.26. The molecule has 0 spiro atoms. The zero-order chi connectivity index (χ0) is 14.1. The van der Waals surface area contributed by atoms with Crippen LogP contribution in [0.5, 0.6) is 0 Å². The molecule has 106 valence electrons. The molecule has 0 aliphatic rings. The third-order valence-electron chi connectivity index (χ3n) is 2.80. The molecule has 0 saturated heterocycles. The fourth-order valence-corrected chi connectivity index (χ4v) is 2.34. The summed E-state index contributed by atoms with van der Waals surface area (Å²) < 4.78 is 10.9. The van der Waals surface area contributed by atoms with Crippen molar-refractivity contribution >= 4 is 16.7 Å². The summed E-state index contributed by atoms with van der Waals surface area (Å²) in [4.78, 5) is 12.1. The van der Waals surface area contributed by atoms with Gasteiger partial charge >= 0.3 is 0 Å². The third-order valence-corrected chi connectivity index (χ3v) is 3.66. The molecule has 2 N–H and O–H groups in total. The number of rotatable bonds is 8. The minimum atomic E-state index is -0.793. The van der Waals surface area contributed by atoms with Gasteiger partial charge < -0.3 is 10.6 Å². The van der Waals surface area contributed by atoms with Crippen molar-refractivity contribution < 1.29 is 9.00 Å². The predicted molar refractivity (Wildman–Crippen MR) is 80.0 cm³/mol. The van der Waals surface area contributed by atoms with Gasteiger partial charge in [-0.25, -0.2) is 0 Å². The van der Waals surface area contributed by atoms with Crippen molar-refractivity contribution in [2.24, 2.45) is 0 Å². The second kappa shape index (κ2) is 8.82. The van der Waals surface area contributed by atoms with E-state index < -0.39 is 10.8 Å². The van der Waals surface area contributed by atoms with Gasteiger partial charge in [-0.1, -0.05) is 18.2 Å². The van der Waals surface area contributed by atoms with Crippen molar-refractivity contribution in [3.05, 3.63) is 35.4 Å². The van der Waals surface area contributed by atoms with Gasteiger partial charge in [0.25, 0.3) is 5.91 Å². The van der Waals surface area contributed by atoms with Gasteiger partial charge in [-0.3, -0.25) is 9.00 Å². The number of benzene rings is 1. The Morgan fingerprint density at radius 2 is 2.00 bits per heavy atom. The van der Waals surface area contributed by atoms with Gasteiger partial charge in [-0.15, -0.1) is 0 Å². The maximum atomic E-state index is 12.1. The fraction of sp³-hybridized carbons (Fsp3) is 0.500. The Labute approximate surface area is 117 Å². The lowest BCUT2D eigenvalue weighted by atomic mass is 10.0. The van der Waals surface area contributed by atoms with E-state index in [0.29, 0.717) is 12.3 Å².